The zero-order valence-electron chi connectivity index (χ0n) is 35.9. The number of aromatic nitrogens is 4. The van der Waals surface area contributed by atoms with Crippen molar-refractivity contribution in [2.24, 2.45) is 0 Å². The SMILES string of the molecule is [2H]c1c([2H])c([2H])c(-n2c3ccccc3c3c4c(ccc32)-c2ccccc2C4c2ccc(-c3nc(-c4ccccc4)nc(-c4ccc(-c5ccccc5)cc4)n3)cc2C#N)c([2H])c1[2H]. The molecule has 0 saturated heterocycles. The Balaban J connectivity index is 1.10. The molecule has 0 fully saturated rings. The van der Waals surface area contributed by atoms with Crippen molar-refractivity contribution in [3.8, 4) is 68.2 Å². The Hall–Kier alpha value is -7.94. The molecule has 10 aromatic rings. The molecule has 2 heterocycles. The van der Waals surface area contributed by atoms with Crippen LogP contribution < -0.4 is 0 Å². The average molecular weight is 745 g/mol. The second-order valence-electron chi connectivity index (χ2n) is 14.3. The molecular formula is C53H33N5. The van der Waals surface area contributed by atoms with Gasteiger partial charge in [-0.2, -0.15) is 5.26 Å². The van der Waals surface area contributed by atoms with Gasteiger partial charge in [0.05, 0.1) is 29.5 Å². The molecule has 1 aliphatic rings. The second-order valence-corrected chi connectivity index (χ2v) is 14.3. The van der Waals surface area contributed by atoms with Crippen LogP contribution in [0.5, 0.6) is 0 Å². The van der Waals surface area contributed by atoms with E-state index in [2.05, 4.69) is 42.5 Å². The Labute approximate surface area is 342 Å². The first-order valence-corrected chi connectivity index (χ1v) is 19.0. The summed E-state index contributed by atoms with van der Waals surface area (Å²) in [5.41, 5.74) is 11.3. The molecule has 0 saturated carbocycles. The Morgan fingerprint density at radius 1 is 0.500 bits per heavy atom. The first-order chi connectivity index (χ1) is 30.8. The number of hydrogen-bond donors (Lipinski definition) is 0. The number of benzene rings is 8. The number of rotatable bonds is 6. The van der Waals surface area contributed by atoms with Crippen LogP contribution in [0.2, 0.25) is 0 Å². The van der Waals surface area contributed by atoms with E-state index in [0.29, 0.717) is 39.6 Å². The number of para-hydroxylation sites is 2. The Kier molecular flexibility index (Phi) is 6.71. The zero-order valence-corrected chi connectivity index (χ0v) is 30.9. The minimum Gasteiger partial charge on any atom is -0.309 e. The number of fused-ring (bicyclic) bond motifs is 7. The second kappa shape index (κ2) is 13.7. The van der Waals surface area contributed by atoms with Crippen LogP contribution in [0.1, 0.15) is 35.0 Å². The summed E-state index contributed by atoms with van der Waals surface area (Å²) in [5, 5.41) is 12.8. The molecule has 11 rings (SSSR count). The van der Waals surface area contributed by atoms with Crippen molar-refractivity contribution in [1.82, 2.24) is 19.5 Å². The van der Waals surface area contributed by atoms with Crippen molar-refractivity contribution in [3.63, 3.8) is 0 Å². The first kappa shape index (κ1) is 28.5. The quantitative estimate of drug-likeness (QED) is 0.170. The first-order valence-electron chi connectivity index (χ1n) is 21.5. The van der Waals surface area contributed by atoms with Crippen molar-refractivity contribution >= 4 is 21.8 Å². The van der Waals surface area contributed by atoms with Crippen LogP contribution >= 0.6 is 0 Å². The lowest BCUT2D eigenvalue weighted by atomic mass is 9.84. The van der Waals surface area contributed by atoms with E-state index in [1.54, 1.807) is 4.57 Å². The van der Waals surface area contributed by atoms with Gasteiger partial charge in [-0.1, -0.05) is 164 Å². The molecule has 0 amide bonds. The molecule has 5 nitrogen and oxygen atoms in total. The monoisotopic (exact) mass is 744 g/mol. The highest BCUT2D eigenvalue weighted by molar-refractivity contribution is 6.14. The lowest BCUT2D eigenvalue weighted by molar-refractivity contribution is 1.02. The van der Waals surface area contributed by atoms with E-state index in [-0.39, 0.29) is 23.7 Å². The summed E-state index contributed by atoms with van der Waals surface area (Å²) in [6.07, 6.45) is 0. The Morgan fingerprint density at radius 3 is 1.83 bits per heavy atom. The topological polar surface area (TPSA) is 67.4 Å². The maximum Gasteiger partial charge on any atom is 0.164 e. The minimum absolute atomic E-state index is 0.0833. The number of hydrogen-bond acceptors (Lipinski definition) is 4. The van der Waals surface area contributed by atoms with Crippen LogP contribution in [0.4, 0.5) is 0 Å². The van der Waals surface area contributed by atoms with E-state index < -0.39 is 18.1 Å². The third-order valence-electron chi connectivity index (χ3n) is 11.1. The van der Waals surface area contributed by atoms with E-state index in [1.807, 2.05) is 127 Å². The summed E-state index contributed by atoms with van der Waals surface area (Å²) in [5.74, 6) is 1.09. The van der Waals surface area contributed by atoms with Gasteiger partial charge < -0.3 is 4.57 Å². The van der Waals surface area contributed by atoms with Crippen LogP contribution in [0, 0.1) is 11.3 Å². The molecule has 8 aromatic carbocycles. The van der Waals surface area contributed by atoms with Gasteiger partial charge in [0.1, 0.15) is 0 Å². The van der Waals surface area contributed by atoms with Gasteiger partial charge in [-0.05, 0) is 69.2 Å². The predicted molar refractivity (Wildman–Crippen MR) is 233 cm³/mol. The van der Waals surface area contributed by atoms with Gasteiger partial charge in [0.2, 0.25) is 0 Å². The summed E-state index contributed by atoms with van der Waals surface area (Å²) in [6.45, 7) is 0. The molecule has 270 valence electrons. The fourth-order valence-corrected chi connectivity index (χ4v) is 8.53. The maximum absolute atomic E-state index is 11.0. The summed E-state index contributed by atoms with van der Waals surface area (Å²) in [7, 11) is 0. The molecule has 1 aliphatic carbocycles. The van der Waals surface area contributed by atoms with Gasteiger partial charge in [-0.3, -0.25) is 0 Å². The zero-order chi connectivity index (χ0) is 42.9. The fourth-order valence-electron chi connectivity index (χ4n) is 8.53. The van der Waals surface area contributed by atoms with Gasteiger partial charge in [-0.25, -0.2) is 15.0 Å². The van der Waals surface area contributed by atoms with Crippen LogP contribution in [0.3, 0.4) is 0 Å². The maximum atomic E-state index is 11.0. The van der Waals surface area contributed by atoms with Crippen LogP contribution in [-0.2, 0) is 0 Å². The lowest BCUT2D eigenvalue weighted by Gasteiger charge is -2.18. The largest absolute Gasteiger partial charge is 0.309 e. The van der Waals surface area contributed by atoms with Crippen LogP contribution in [0.15, 0.2) is 194 Å². The standard InChI is InChI=1S/C53H33N5/c54-33-39-32-38(53-56-51(36-16-6-2-7-17-36)55-52(57-53)37-26-24-35(25-27-37)34-14-4-1-5-15-34)28-29-41(39)48-43-21-11-10-20-42(43)44-30-31-47-49(50(44)48)45-22-12-13-23-46(45)58(47)40-18-8-3-9-19-40/h1-32,48H/i3D,8D,9D,18D,19D. The normalized spacial score (nSPS) is 14.2. The minimum atomic E-state index is -0.444. The van der Waals surface area contributed by atoms with Crippen molar-refractivity contribution in [1.29, 1.82) is 5.26 Å². The van der Waals surface area contributed by atoms with Crippen molar-refractivity contribution in [2.75, 3.05) is 0 Å². The van der Waals surface area contributed by atoms with E-state index in [1.165, 1.54) is 0 Å². The van der Waals surface area contributed by atoms with Crippen molar-refractivity contribution in [2.45, 2.75) is 5.92 Å². The Morgan fingerprint density at radius 2 is 1.09 bits per heavy atom. The van der Waals surface area contributed by atoms with E-state index in [0.717, 1.165) is 60.8 Å². The van der Waals surface area contributed by atoms with E-state index >= 15 is 0 Å². The smallest absolute Gasteiger partial charge is 0.164 e. The molecule has 1 atom stereocenters. The predicted octanol–water partition coefficient (Wildman–Crippen LogP) is 12.7. The van der Waals surface area contributed by atoms with Gasteiger partial charge in [-0.15, -0.1) is 0 Å². The molecule has 0 aliphatic heterocycles. The fraction of sp³-hybridized carbons (Fsp3) is 0.0189. The van der Waals surface area contributed by atoms with Crippen LogP contribution in [0.25, 0.3) is 83.9 Å². The van der Waals surface area contributed by atoms with Gasteiger partial charge in [0.25, 0.3) is 0 Å². The lowest BCUT2D eigenvalue weighted by Crippen LogP contribution is -2.04. The molecule has 1 unspecified atom stereocenters. The highest BCUT2D eigenvalue weighted by Crippen LogP contribution is 2.53. The molecule has 0 spiro atoms. The molecule has 0 radical (unpaired) electrons. The van der Waals surface area contributed by atoms with Crippen LogP contribution in [-0.4, -0.2) is 19.5 Å². The van der Waals surface area contributed by atoms with Gasteiger partial charge in [0, 0.05) is 39.1 Å². The molecule has 5 heteroatoms. The third-order valence-corrected chi connectivity index (χ3v) is 11.1. The highest BCUT2D eigenvalue weighted by atomic mass is 15.0. The van der Waals surface area contributed by atoms with Crippen molar-refractivity contribution < 1.29 is 6.85 Å². The molecule has 0 bridgehead atoms. The summed E-state index contributed by atoms with van der Waals surface area (Å²) in [6, 6.07) is 54.7. The molecule has 58 heavy (non-hydrogen) atoms. The third kappa shape index (κ3) is 5.43. The van der Waals surface area contributed by atoms with E-state index in [9.17, 15) is 5.26 Å². The molecule has 0 N–H and O–H groups in total. The Bertz CT molecular complexity index is 3500. The number of nitrogens with zero attached hydrogens (tertiary/aromatic N) is 5. The van der Waals surface area contributed by atoms with Crippen molar-refractivity contribution in [3.05, 3.63) is 216 Å². The summed E-state index contributed by atoms with van der Waals surface area (Å²) < 4.78 is 45.0. The van der Waals surface area contributed by atoms with E-state index in [4.69, 9.17) is 21.8 Å². The van der Waals surface area contributed by atoms with Gasteiger partial charge >= 0.3 is 0 Å². The number of nitriles is 1. The average Bonchev–Trinajstić information content (AvgIpc) is 3.86. The molecular weight excluding hydrogens is 707 g/mol. The van der Waals surface area contributed by atoms with Gasteiger partial charge in [0.15, 0.2) is 17.5 Å². The highest BCUT2D eigenvalue weighted by Gasteiger charge is 2.35. The summed E-state index contributed by atoms with van der Waals surface area (Å²) in [4.78, 5) is 14.9. The molecule has 2 aromatic heterocycles. The summed E-state index contributed by atoms with van der Waals surface area (Å²) >= 11 is 0.